The van der Waals surface area contributed by atoms with Crippen molar-refractivity contribution >= 4 is 40.1 Å². The second-order valence-corrected chi connectivity index (χ2v) is 7.82. The summed E-state index contributed by atoms with van der Waals surface area (Å²) in [7, 11) is 3.83. The molecule has 1 aromatic carbocycles. The van der Waals surface area contributed by atoms with E-state index in [0.29, 0.717) is 6.54 Å². The standard InChI is InChI=1S/C18H22ClF2N5O3S/c1-9-7-11(20)10(14(21)13(9)19)8-29-16-12(15(22)27)17(30-25-16)24-18(28)23-5-4-6-26(2)3/h7H,4-6,8H2,1-3H3,(H2,22,27)(H2,23,24,28). The smallest absolute Gasteiger partial charge is 0.319 e. The number of carbonyl (C=O) groups excluding carboxylic acids is 2. The molecule has 30 heavy (non-hydrogen) atoms. The van der Waals surface area contributed by atoms with E-state index in [4.69, 9.17) is 22.1 Å². The van der Waals surface area contributed by atoms with Gasteiger partial charge in [0.15, 0.2) is 5.82 Å². The van der Waals surface area contributed by atoms with Crippen LogP contribution in [0.5, 0.6) is 5.88 Å². The van der Waals surface area contributed by atoms with Crippen LogP contribution in [0.15, 0.2) is 6.07 Å². The van der Waals surface area contributed by atoms with E-state index in [2.05, 4.69) is 15.0 Å². The SMILES string of the molecule is Cc1cc(F)c(COc2nsc(NC(=O)NCCCN(C)C)c2C(N)=O)c(F)c1Cl. The maximum atomic E-state index is 14.2. The van der Waals surface area contributed by atoms with Gasteiger partial charge in [-0.1, -0.05) is 11.6 Å². The summed E-state index contributed by atoms with van der Waals surface area (Å²) in [4.78, 5) is 25.8. The van der Waals surface area contributed by atoms with Gasteiger partial charge in [0.25, 0.3) is 5.91 Å². The Morgan fingerprint density at radius 3 is 2.70 bits per heavy atom. The molecule has 0 saturated heterocycles. The minimum Gasteiger partial charge on any atom is -0.471 e. The molecule has 2 aromatic rings. The zero-order valence-corrected chi connectivity index (χ0v) is 18.2. The molecular weight excluding hydrogens is 440 g/mol. The van der Waals surface area contributed by atoms with Crippen molar-refractivity contribution in [2.24, 2.45) is 5.73 Å². The molecule has 8 nitrogen and oxygen atoms in total. The Balaban J connectivity index is 2.09. The summed E-state index contributed by atoms with van der Waals surface area (Å²) in [5.41, 5.74) is 5.00. The van der Waals surface area contributed by atoms with Crippen LogP contribution in [0.3, 0.4) is 0 Å². The van der Waals surface area contributed by atoms with E-state index in [1.165, 1.54) is 6.92 Å². The number of halogens is 3. The normalized spacial score (nSPS) is 10.9. The quantitative estimate of drug-likeness (QED) is 0.392. The van der Waals surface area contributed by atoms with E-state index in [-0.39, 0.29) is 27.0 Å². The van der Waals surface area contributed by atoms with Crippen LogP contribution in [0.25, 0.3) is 0 Å². The highest BCUT2D eigenvalue weighted by molar-refractivity contribution is 7.11. The molecule has 1 aromatic heterocycles. The summed E-state index contributed by atoms with van der Waals surface area (Å²) >= 11 is 6.56. The summed E-state index contributed by atoms with van der Waals surface area (Å²) in [6.07, 6.45) is 0.733. The highest BCUT2D eigenvalue weighted by Gasteiger charge is 2.23. The molecule has 1 heterocycles. The molecule has 2 rings (SSSR count). The second kappa shape index (κ2) is 10.5. The number of nitrogens with zero attached hydrogens (tertiary/aromatic N) is 2. The van der Waals surface area contributed by atoms with Crippen molar-refractivity contribution in [1.29, 1.82) is 0 Å². The molecule has 164 valence electrons. The van der Waals surface area contributed by atoms with Crippen molar-refractivity contribution in [3.63, 3.8) is 0 Å². The Morgan fingerprint density at radius 2 is 2.07 bits per heavy atom. The number of nitrogens with one attached hydrogen (secondary N) is 2. The molecule has 3 amide bonds. The topological polar surface area (TPSA) is 110 Å². The fourth-order valence-corrected chi connectivity index (χ4v) is 3.35. The lowest BCUT2D eigenvalue weighted by Crippen LogP contribution is -2.31. The first kappa shape index (κ1) is 23.8. The zero-order chi connectivity index (χ0) is 22.4. The summed E-state index contributed by atoms with van der Waals surface area (Å²) in [5.74, 6) is -2.96. The molecule has 0 spiro atoms. The number of hydrogen-bond acceptors (Lipinski definition) is 6. The van der Waals surface area contributed by atoms with E-state index in [1.54, 1.807) is 0 Å². The third-order valence-electron chi connectivity index (χ3n) is 3.99. The number of carbonyl (C=O) groups is 2. The molecule has 0 aliphatic rings. The van der Waals surface area contributed by atoms with Crippen LogP contribution in [-0.4, -0.2) is 48.4 Å². The lowest BCUT2D eigenvalue weighted by molar-refractivity contribution is 0.0996. The lowest BCUT2D eigenvalue weighted by Gasteiger charge is -2.11. The summed E-state index contributed by atoms with van der Waals surface area (Å²) in [6, 6.07) is 0.530. The van der Waals surface area contributed by atoms with Gasteiger partial charge in [0.1, 0.15) is 23.0 Å². The maximum Gasteiger partial charge on any atom is 0.319 e. The monoisotopic (exact) mass is 461 g/mol. The molecule has 0 aliphatic heterocycles. The van der Waals surface area contributed by atoms with Gasteiger partial charge < -0.3 is 20.7 Å². The molecule has 12 heteroatoms. The molecule has 0 aliphatic carbocycles. The van der Waals surface area contributed by atoms with Crippen LogP contribution < -0.4 is 21.1 Å². The second-order valence-electron chi connectivity index (χ2n) is 6.66. The number of urea groups is 1. The third kappa shape index (κ3) is 6.00. The van der Waals surface area contributed by atoms with Gasteiger partial charge >= 0.3 is 6.03 Å². The van der Waals surface area contributed by atoms with Gasteiger partial charge in [0.05, 0.1) is 10.6 Å². The van der Waals surface area contributed by atoms with Crippen LogP contribution in [0.2, 0.25) is 5.02 Å². The minimum absolute atomic E-state index is 0.0606. The Morgan fingerprint density at radius 1 is 1.37 bits per heavy atom. The van der Waals surface area contributed by atoms with Crippen molar-refractivity contribution < 1.29 is 23.1 Å². The number of hydrogen-bond donors (Lipinski definition) is 3. The van der Waals surface area contributed by atoms with E-state index in [9.17, 15) is 18.4 Å². The Hall–Kier alpha value is -2.50. The predicted molar refractivity (Wildman–Crippen MR) is 111 cm³/mol. The highest BCUT2D eigenvalue weighted by atomic mass is 35.5. The van der Waals surface area contributed by atoms with Gasteiger partial charge in [-0.3, -0.25) is 10.1 Å². The fourth-order valence-electron chi connectivity index (χ4n) is 2.44. The molecule has 0 atom stereocenters. The number of aromatic nitrogens is 1. The Kier molecular flexibility index (Phi) is 8.33. The molecule has 0 bridgehead atoms. The van der Waals surface area contributed by atoms with E-state index in [0.717, 1.165) is 30.6 Å². The van der Waals surface area contributed by atoms with Crippen molar-refractivity contribution in [2.75, 3.05) is 32.5 Å². The predicted octanol–water partition coefficient (Wildman–Crippen LogP) is 3.13. The zero-order valence-electron chi connectivity index (χ0n) is 16.6. The van der Waals surface area contributed by atoms with Crippen LogP contribution in [0.1, 0.15) is 27.9 Å². The number of nitrogens with two attached hydrogens (primary N) is 1. The largest absolute Gasteiger partial charge is 0.471 e. The van der Waals surface area contributed by atoms with E-state index in [1.807, 2.05) is 19.0 Å². The molecular formula is C18H22ClF2N5O3S. The van der Waals surface area contributed by atoms with Crippen molar-refractivity contribution in [2.45, 2.75) is 20.0 Å². The first-order chi connectivity index (χ1) is 14.1. The average Bonchev–Trinajstić information content (AvgIpc) is 3.05. The van der Waals surface area contributed by atoms with Crippen LogP contribution >= 0.6 is 23.1 Å². The number of primary amides is 1. The Labute approximate surface area is 181 Å². The van der Waals surface area contributed by atoms with Gasteiger partial charge in [0, 0.05) is 6.54 Å². The van der Waals surface area contributed by atoms with Crippen molar-refractivity contribution in [1.82, 2.24) is 14.6 Å². The van der Waals surface area contributed by atoms with Gasteiger partial charge in [-0.15, -0.1) is 0 Å². The third-order valence-corrected chi connectivity index (χ3v) is 5.20. The highest BCUT2D eigenvalue weighted by Crippen LogP contribution is 2.32. The van der Waals surface area contributed by atoms with Crippen molar-refractivity contribution in [3.05, 3.63) is 39.4 Å². The number of aryl methyl sites for hydroxylation is 1. The molecule has 0 fully saturated rings. The number of ether oxygens (including phenoxy) is 1. The molecule has 4 N–H and O–H groups in total. The first-order valence-corrected chi connectivity index (χ1v) is 10.0. The summed E-state index contributed by atoms with van der Waals surface area (Å²) in [5, 5.41) is 4.96. The summed E-state index contributed by atoms with van der Waals surface area (Å²) < 4.78 is 37.5. The van der Waals surface area contributed by atoms with Crippen LogP contribution in [0.4, 0.5) is 18.6 Å². The summed E-state index contributed by atoms with van der Waals surface area (Å²) in [6.45, 7) is 2.11. The van der Waals surface area contributed by atoms with E-state index < -0.39 is 35.7 Å². The molecule has 0 unspecified atom stereocenters. The average molecular weight is 462 g/mol. The Bertz CT molecular complexity index is 939. The van der Waals surface area contributed by atoms with Crippen LogP contribution in [-0.2, 0) is 6.61 Å². The number of rotatable bonds is 9. The maximum absolute atomic E-state index is 14.2. The van der Waals surface area contributed by atoms with Gasteiger partial charge in [-0.25, -0.2) is 13.6 Å². The number of benzene rings is 1. The molecule has 0 radical (unpaired) electrons. The lowest BCUT2D eigenvalue weighted by atomic mass is 10.1. The number of anilines is 1. The molecule has 0 saturated carbocycles. The van der Waals surface area contributed by atoms with Gasteiger partial charge in [0.2, 0.25) is 5.88 Å². The number of amides is 3. The van der Waals surface area contributed by atoms with E-state index >= 15 is 0 Å². The minimum atomic E-state index is -0.958. The van der Waals surface area contributed by atoms with Crippen molar-refractivity contribution in [3.8, 4) is 5.88 Å². The van der Waals surface area contributed by atoms with Gasteiger partial charge in [-0.05, 0) is 57.1 Å². The van der Waals surface area contributed by atoms with Gasteiger partial charge in [-0.2, -0.15) is 4.37 Å². The fraction of sp³-hybridized carbons (Fsp3) is 0.389. The first-order valence-electron chi connectivity index (χ1n) is 8.86. The van der Waals surface area contributed by atoms with Crippen LogP contribution in [0, 0.1) is 18.6 Å².